The maximum absolute atomic E-state index is 12.8. The molecule has 100 valence electrons. The molecule has 1 aromatic rings. The zero-order valence-corrected chi connectivity index (χ0v) is 10.3. The molecule has 0 aliphatic carbocycles. The lowest BCUT2D eigenvalue weighted by molar-refractivity contribution is -0.384. The van der Waals surface area contributed by atoms with Crippen molar-refractivity contribution in [2.45, 2.75) is 5.92 Å². The van der Waals surface area contributed by atoms with Gasteiger partial charge < -0.3 is 10.4 Å². The average molecular weight is 301 g/mol. The molecule has 0 aliphatic rings. The van der Waals surface area contributed by atoms with Crippen LogP contribution in [0.4, 0.5) is 20.2 Å². The summed E-state index contributed by atoms with van der Waals surface area (Å²) in [5, 5.41) is 21.2. The van der Waals surface area contributed by atoms with Crippen molar-refractivity contribution in [2.75, 3.05) is 18.5 Å². The largest absolute Gasteiger partial charge is 0.390 e. The lowest BCUT2D eigenvalue weighted by Crippen LogP contribution is -2.31. The summed E-state index contributed by atoms with van der Waals surface area (Å²) >= 11 is 11.2. The molecule has 0 aromatic heterocycles. The predicted octanol–water partition coefficient (Wildman–Crippen LogP) is 2.94. The van der Waals surface area contributed by atoms with Crippen LogP contribution in [0.5, 0.6) is 0 Å². The number of nitrogens with zero attached hydrogens (tertiary/aromatic N) is 1. The minimum atomic E-state index is -3.39. The van der Waals surface area contributed by atoms with Crippen molar-refractivity contribution in [1.82, 2.24) is 0 Å². The van der Waals surface area contributed by atoms with Crippen LogP contribution < -0.4 is 5.32 Å². The van der Waals surface area contributed by atoms with Crippen LogP contribution in [0.15, 0.2) is 12.1 Å². The first-order chi connectivity index (χ1) is 8.26. The molecule has 0 spiro atoms. The summed E-state index contributed by atoms with van der Waals surface area (Å²) in [5.41, 5.74) is -0.666. The lowest BCUT2D eigenvalue weighted by atomic mass is 10.2. The molecule has 1 aromatic carbocycles. The Morgan fingerprint density at radius 2 is 1.94 bits per heavy atom. The summed E-state index contributed by atoms with van der Waals surface area (Å²) in [6, 6.07) is 2.04. The molecule has 0 radical (unpaired) electrons. The Bertz CT molecular complexity index is 471. The molecular formula is C9H8Cl2F2N2O3. The number of rotatable bonds is 5. The highest BCUT2D eigenvalue weighted by molar-refractivity contribution is 6.42. The second-order valence-electron chi connectivity index (χ2n) is 3.41. The summed E-state index contributed by atoms with van der Waals surface area (Å²) in [4.78, 5) is 9.93. The molecule has 9 heteroatoms. The van der Waals surface area contributed by atoms with E-state index in [9.17, 15) is 18.9 Å². The number of hydrogen-bond acceptors (Lipinski definition) is 4. The van der Waals surface area contributed by atoms with Gasteiger partial charge in [-0.25, -0.2) is 8.78 Å². The van der Waals surface area contributed by atoms with Crippen molar-refractivity contribution in [3.63, 3.8) is 0 Å². The molecule has 0 saturated carbocycles. The van der Waals surface area contributed by atoms with Gasteiger partial charge in [0.25, 0.3) is 11.6 Å². The van der Waals surface area contributed by atoms with Crippen molar-refractivity contribution in [3.8, 4) is 0 Å². The van der Waals surface area contributed by atoms with Gasteiger partial charge in [-0.15, -0.1) is 0 Å². The van der Waals surface area contributed by atoms with Gasteiger partial charge in [-0.3, -0.25) is 10.1 Å². The van der Waals surface area contributed by atoms with E-state index in [2.05, 4.69) is 5.32 Å². The fourth-order valence-corrected chi connectivity index (χ4v) is 1.43. The van der Waals surface area contributed by atoms with E-state index < -0.39 is 29.7 Å². The number of halogens is 4. The Morgan fingerprint density at radius 1 is 1.39 bits per heavy atom. The van der Waals surface area contributed by atoms with E-state index in [1.165, 1.54) is 0 Å². The zero-order valence-electron chi connectivity index (χ0n) is 8.79. The normalized spacial score (nSPS) is 11.4. The van der Waals surface area contributed by atoms with Gasteiger partial charge in [0.15, 0.2) is 0 Å². The van der Waals surface area contributed by atoms with Gasteiger partial charge in [-0.1, -0.05) is 23.2 Å². The van der Waals surface area contributed by atoms with Crippen LogP contribution >= 0.6 is 23.2 Å². The van der Waals surface area contributed by atoms with Crippen molar-refractivity contribution in [3.05, 3.63) is 32.3 Å². The smallest absolute Gasteiger partial charge is 0.293 e. The second kappa shape index (κ2) is 5.64. The van der Waals surface area contributed by atoms with Gasteiger partial charge in [0.05, 0.1) is 21.5 Å². The van der Waals surface area contributed by atoms with Gasteiger partial charge in [0.1, 0.15) is 12.3 Å². The maximum atomic E-state index is 12.8. The SMILES string of the molecule is O=[N+]([O-])c1cc(Cl)c(Cl)cc1NCC(F)(F)CO. The van der Waals surface area contributed by atoms with Gasteiger partial charge in [0, 0.05) is 6.07 Å². The summed E-state index contributed by atoms with van der Waals surface area (Å²) in [6.45, 7) is -2.32. The van der Waals surface area contributed by atoms with Gasteiger partial charge in [0.2, 0.25) is 0 Å². The number of aliphatic hydroxyl groups is 1. The number of nitro benzene ring substituents is 1. The third-order valence-electron chi connectivity index (χ3n) is 2.00. The van der Waals surface area contributed by atoms with Crippen molar-refractivity contribution < 1.29 is 18.8 Å². The summed E-state index contributed by atoms with van der Waals surface area (Å²) in [5.74, 6) is -3.39. The van der Waals surface area contributed by atoms with Crippen LogP contribution in [0.1, 0.15) is 0 Å². The van der Waals surface area contributed by atoms with Crippen LogP contribution in [-0.4, -0.2) is 29.1 Å². The number of nitro groups is 1. The van der Waals surface area contributed by atoms with E-state index in [0.29, 0.717) is 0 Å². The monoisotopic (exact) mass is 300 g/mol. The average Bonchev–Trinajstić information content (AvgIpc) is 2.30. The fraction of sp³-hybridized carbons (Fsp3) is 0.333. The molecule has 18 heavy (non-hydrogen) atoms. The molecule has 0 heterocycles. The number of aliphatic hydroxyl groups excluding tert-OH is 1. The van der Waals surface area contributed by atoms with Gasteiger partial charge in [-0.05, 0) is 6.07 Å². The molecule has 0 saturated heterocycles. The van der Waals surface area contributed by atoms with Crippen LogP contribution in [0.3, 0.4) is 0 Å². The standard InChI is InChI=1S/C9H8Cl2F2N2O3/c10-5-1-7(14-3-9(12,13)4-16)8(15(17)18)2-6(5)11/h1-2,14,16H,3-4H2. The maximum Gasteiger partial charge on any atom is 0.293 e. The second-order valence-corrected chi connectivity index (χ2v) is 4.22. The third-order valence-corrected chi connectivity index (χ3v) is 2.73. The van der Waals surface area contributed by atoms with Crippen LogP contribution in [0.25, 0.3) is 0 Å². The third kappa shape index (κ3) is 3.66. The lowest BCUT2D eigenvalue weighted by Gasteiger charge is -2.15. The van der Waals surface area contributed by atoms with Crippen LogP contribution in [0, 0.1) is 10.1 Å². The van der Waals surface area contributed by atoms with Crippen LogP contribution in [0.2, 0.25) is 10.0 Å². The Morgan fingerprint density at radius 3 is 2.44 bits per heavy atom. The summed E-state index contributed by atoms with van der Waals surface area (Å²) in [6.07, 6.45) is 0. The molecular weight excluding hydrogens is 293 g/mol. The number of alkyl halides is 2. The number of nitrogens with one attached hydrogen (secondary N) is 1. The molecule has 5 nitrogen and oxygen atoms in total. The predicted molar refractivity (Wildman–Crippen MR) is 63.6 cm³/mol. The first-order valence-corrected chi connectivity index (χ1v) is 5.38. The molecule has 2 N–H and O–H groups in total. The van der Waals surface area contributed by atoms with E-state index in [0.717, 1.165) is 12.1 Å². The van der Waals surface area contributed by atoms with Crippen molar-refractivity contribution in [1.29, 1.82) is 0 Å². The highest BCUT2D eigenvalue weighted by Gasteiger charge is 2.28. The summed E-state index contributed by atoms with van der Waals surface area (Å²) in [7, 11) is 0. The number of benzene rings is 1. The molecule has 0 fully saturated rings. The van der Waals surface area contributed by atoms with Gasteiger partial charge in [-0.2, -0.15) is 0 Å². The zero-order chi connectivity index (χ0) is 13.9. The topological polar surface area (TPSA) is 75.4 Å². The highest BCUT2D eigenvalue weighted by Crippen LogP contribution is 2.34. The van der Waals surface area contributed by atoms with E-state index >= 15 is 0 Å². The Kier molecular flexibility index (Phi) is 4.66. The molecule has 0 atom stereocenters. The van der Waals surface area contributed by atoms with Crippen molar-refractivity contribution >= 4 is 34.6 Å². The minimum absolute atomic E-state index is 0.00270. The summed E-state index contributed by atoms with van der Waals surface area (Å²) < 4.78 is 25.6. The van der Waals surface area contributed by atoms with Crippen molar-refractivity contribution in [2.24, 2.45) is 0 Å². The van der Waals surface area contributed by atoms with Crippen LogP contribution in [-0.2, 0) is 0 Å². The number of anilines is 1. The van der Waals surface area contributed by atoms with E-state index in [-0.39, 0.29) is 15.7 Å². The first kappa shape index (κ1) is 14.9. The van der Waals surface area contributed by atoms with E-state index in [1.807, 2.05) is 0 Å². The van der Waals surface area contributed by atoms with Gasteiger partial charge >= 0.3 is 0 Å². The quantitative estimate of drug-likeness (QED) is 0.647. The molecule has 1 rings (SSSR count). The minimum Gasteiger partial charge on any atom is -0.390 e. The van der Waals surface area contributed by atoms with E-state index in [1.54, 1.807) is 0 Å². The van der Waals surface area contributed by atoms with E-state index in [4.69, 9.17) is 28.3 Å². The highest BCUT2D eigenvalue weighted by atomic mass is 35.5. The fourth-order valence-electron chi connectivity index (χ4n) is 1.11. The Balaban J connectivity index is 3.01. The molecule has 0 unspecified atom stereocenters. The molecule has 0 bridgehead atoms. The molecule has 0 aliphatic heterocycles. The Labute approximate surface area is 110 Å². The Hall–Kier alpha value is -1.18. The molecule has 0 amide bonds. The number of hydrogen-bond donors (Lipinski definition) is 2. The first-order valence-electron chi connectivity index (χ1n) is 4.63.